The van der Waals surface area contributed by atoms with Crippen molar-refractivity contribution in [2.75, 3.05) is 0 Å². The van der Waals surface area contributed by atoms with Crippen molar-refractivity contribution in [1.82, 2.24) is 14.5 Å². The van der Waals surface area contributed by atoms with E-state index in [2.05, 4.69) is 9.97 Å². The van der Waals surface area contributed by atoms with Gasteiger partial charge in [0.1, 0.15) is 18.5 Å². The van der Waals surface area contributed by atoms with Crippen molar-refractivity contribution >= 4 is 22.8 Å². The summed E-state index contributed by atoms with van der Waals surface area (Å²) in [5.74, 6) is -1.12. The monoisotopic (exact) mass is 219 g/mol. The smallest absolute Gasteiger partial charge is 0.323 e. The molecular formula is C10H9N3O3. The molecule has 6 nitrogen and oxygen atoms in total. The van der Waals surface area contributed by atoms with Crippen LogP contribution in [-0.2, 0) is 11.3 Å². The highest BCUT2D eigenvalue weighted by Gasteiger charge is 2.14. The lowest BCUT2D eigenvalue weighted by Crippen LogP contribution is -2.08. The second-order valence-electron chi connectivity index (χ2n) is 3.38. The van der Waals surface area contributed by atoms with Gasteiger partial charge in [-0.25, -0.2) is 9.97 Å². The molecule has 2 rings (SSSR count). The number of ketones is 1. The van der Waals surface area contributed by atoms with E-state index in [0.29, 0.717) is 16.6 Å². The van der Waals surface area contributed by atoms with Crippen LogP contribution in [0.4, 0.5) is 0 Å². The number of carboxylic acids is 1. The van der Waals surface area contributed by atoms with E-state index >= 15 is 0 Å². The minimum absolute atomic E-state index is 0.135. The van der Waals surface area contributed by atoms with Gasteiger partial charge in [-0.1, -0.05) is 0 Å². The Morgan fingerprint density at radius 3 is 2.88 bits per heavy atom. The number of aliphatic carboxylic acids is 1. The number of carbonyl (C=O) groups excluding carboxylic acids is 1. The molecule has 82 valence electrons. The van der Waals surface area contributed by atoms with Crippen LogP contribution in [0.3, 0.4) is 0 Å². The molecule has 2 aromatic rings. The maximum atomic E-state index is 11.3. The Labute approximate surface area is 90.5 Å². The molecular weight excluding hydrogens is 210 g/mol. The number of aromatic nitrogens is 3. The summed E-state index contributed by atoms with van der Waals surface area (Å²) in [5, 5.41) is 9.30. The van der Waals surface area contributed by atoms with E-state index in [1.165, 1.54) is 30.2 Å². The van der Waals surface area contributed by atoms with Crippen molar-refractivity contribution in [2.45, 2.75) is 13.5 Å². The first-order valence-electron chi connectivity index (χ1n) is 4.61. The van der Waals surface area contributed by atoms with Crippen LogP contribution >= 0.6 is 0 Å². The summed E-state index contributed by atoms with van der Waals surface area (Å²) >= 11 is 0. The highest BCUT2D eigenvalue weighted by molar-refractivity contribution is 6.06. The van der Waals surface area contributed by atoms with Crippen LogP contribution in [0.1, 0.15) is 17.3 Å². The lowest BCUT2D eigenvalue weighted by molar-refractivity contribution is -0.137. The molecule has 0 aliphatic carbocycles. The highest BCUT2D eigenvalue weighted by Crippen LogP contribution is 2.18. The Balaban J connectivity index is 2.66. The highest BCUT2D eigenvalue weighted by atomic mass is 16.4. The van der Waals surface area contributed by atoms with Gasteiger partial charge in [0.2, 0.25) is 0 Å². The summed E-state index contributed by atoms with van der Waals surface area (Å²) in [5.41, 5.74) is 0.902. The van der Waals surface area contributed by atoms with Gasteiger partial charge in [-0.2, -0.15) is 0 Å². The van der Waals surface area contributed by atoms with Crippen LogP contribution in [0.15, 0.2) is 18.7 Å². The zero-order valence-electron chi connectivity index (χ0n) is 8.54. The maximum Gasteiger partial charge on any atom is 0.323 e. The molecule has 6 heteroatoms. The molecule has 0 radical (unpaired) electrons. The Morgan fingerprint density at radius 2 is 2.25 bits per heavy atom. The van der Waals surface area contributed by atoms with Crippen molar-refractivity contribution in [3.63, 3.8) is 0 Å². The minimum Gasteiger partial charge on any atom is -0.480 e. The summed E-state index contributed by atoms with van der Waals surface area (Å²) in [4.78, 5) is 29.8. The van der Waals surface area contributed by atoms with E-state index in [1.807, 2.05) is 0 Å². The predicted octanol–water partition coefficient (Wildman–Crippen LogP) is 0.718. The number of nitrogens with zero attached hydrogens (tertiary/aromatic N) is 3. The molecule has 0 aliphatic rings. The van der Waals surface area contributed by atoms with Gasteiger partial charge < -0.3 is 9.67 Å². The molecule has 2 heterocycles. The van der Waals surface area contributed by atoms with E-state index < -0.39 is 5.97 Å². The molecule has 0 saturated carbocycles. The third kappa shape index (κ3) is 1.65. The van der Waals surface area contributed by atoms with Crippen molar-refractivity contribution in [3.05, 3.63) is 24.3 Å². The topological polar surface area (TPSA) is 85.1 Å². The molecule has 0 spiro atoms. The molecule has 0 bridgehead atoms. The molecule has 0 saturated heterocycles. The summed E-state index contributed by atoms with van der Waals surface area (Å²) in [6.45, 7) is 1.20. The van der Waals surface area contributed by atoms with Gasteiger partial charge in [0.15, 0.2) is 5.78 Å². The predicted molar refractivity (Wildman–Crippen MR) is 55.2 cm³/mol. The Hall–Kier alpha value is -2.24. The van der Waals surface area contributed by atoms with E-state index in [0.717, 1.165) is 0 Å². The fourth-order valence-electron chi connectivity index (χ4n) is 1.58. The van der Waals surface area contributed by atoms with Gasteiger partial charge in [-0.3, -0.25) is 9.59 Å². The first-order chi connectivity index (χ1) is 7.59. The van der Waals surface area contributed by atoms with Crippen molar-refractivity contribution in [1.29, 1.82) is 0 Å². The van der Waals surface area contributed by atoms with Crippen LogP contribution < -0.4 is 0 Å². The van der Waals surface area contributed by atoms with Crippen LogP contribution in [0, 0.1) is 0 Å². The van der Waals surface area contributed by atoms with Gasteiger partial charge in [0.05, 0.1) is 0 Å². The lowest BCUT2D eigenvalue weighted by Gasteiger charge is -1.98. The number of fused-ring (bicyclic) bond motifs is 1. The van der Waals surface area contributed by atoms with Gasteiger partial charge in [0, 0.05) is 23.3 Å². The third-order valence-corrected chi connectivity index (χ3v) is 2.22. The Kier molecular flexibility index (Phi) is 2.40. The molecule has 16 heavy (non-hydrogen) atoms. The maximum absolute atomic E-state index is 11.3. The molecule has 0 amide bonds. The lowest BCUT2D eigenvalue weighted by atomic mass is 10.2. The molecule has 0 atom stereocenters. The quantitative estimate of drug-likeness (QED) is 0.768. The average Bonchev–Trinajstić information content (AvgIpc) is 2.57. The number of carbonyl (C=O) groups is 2. The third-order valence-electron chi connectivity index (χ3n) is 2.22. The summed E-state index contributed by atoms with van der Waals surface area (Å²) < 4.78 is 1.43. The SMILES string of the molecule is CC(=O)c1cn(CC(=O)O)c2ncncc12. The van der Waals surface area contributed by atoms with Crippen LogP contribution in [-0.4, -0.2) is 31.4 Å². The zero-order chi connectivity index (χ0) is 11.7. The summed E-state index contributed by atoms with van der Waals surface area (Å²) in [7, 11) is 0. The Bertz CT molecular complexity index is 574. The van der Waals surface area contributed by atoms with E-state index in [1.54, 1.807) is 0 Å². The van der Waals surface area contributed by atoms with Gasteiger partial charge in [-0.15, -0.1) is 0 Å². The Morgan fingerprint density at radius 1 is 1.50 bits per heavy atom. The largest absolute Gasteiger partial charge is 0.480 e. The standard InChI is InChI=1S/C10H9N3O3/c1-6(14)8-3-13(4-9(15)16)10-7(8)2-11-5-12-10/h2-3,5H,4H2,1H3,(H,15,16). The molecule has 2 aromatic heterocycles. The zero-order valence-corrected chi connectivity index (χ0v) is 8.54. The number of Topliss-reactive ketones (excluding diaryl/α,β-unsaturated/α-hetero) is 1. The van der Waals surface area contributed by atoms with Crippen molar-refractivity contribution in [2.24, 2.45) is 0 Å². The second kappa shape index (κ2) is 3.73. The average molecular weight is 219 g/mol. The fourth-order valence-corrected chi connectivity index (χ4v) is 1.58. The van der Waals surface area contributed by atoms with Crippen LogP contribution in [0.25, 0.3) is 11.0 Å². The molecule has 0 unspecified atom stereocenters. The van der Waals surface area contributed by atoms with Gasteiger partial charge in [-0.05, 0) is 6.92 Å². The summed E-state index contributed by atoms with van der Waals surface area (Å²) in [6.07, 6.45) is 4.33. The number of carboxylic acid groups (broad SMARTS) is 1. The van der Waals surface area contributed by atoms with Crippen LogP contribution in [0.5, 0.6) is 0 Å². The van der Waals surface area contributed by atoms with Crippen LogP contribution in [0.2, 0.25) is 0 Å². The second-order valence-corrected chi connectivity index (χ2v) is 3.38. The number of hydrogen-bond donors (Lipinski definition) is 1. The minimum atomic E-state index is -0.981. The normalized spacial score (nSPS) is 10.6. The fraction of sp³-hybridized carbons (Fsp3) is 0.200. The van der Waals surface area contributed by atoms with Crippen molar-refractivity contribution in [3.8, 4) is 0 Å². The van der Waals surface area contributed by atoms with E-state index in [9.17, 15) is 9.59 Å². The summed E-state index contributed by atoms with van der Waals surface area (Å²) in [6, 6.07) is 0. The first-order valence-corrected chi connectivity index (χ1v) is 4.61. The van der Waals surface area contributed by atoms with E-state index in [-0.39, 0.29) is 12.3 Å². The van der Waals surface area contributed by atoms with E-state index in [4.69, 9.17) is 5.11 Å². The molecule has 0 aromatic carbocycles. The molecule has 1 N–H and O–H groups in total. The molecule has 0 fully saturated rings. The first kappa shape index (κ1) is 10.3. The number of rotatable bonds is 3. The number of hydrogen-bond acceptors (Lipinski definition) is 4. The molecule has 0 aliphatic heterocycles. The van der Waals surface area contributed by atoms with Gasteiger partial charge >= 0.3 is 5.97 Å². The van der Waals surface area contributed by atoms with Gasteiger partial charge in [0.25, 0.3) is 0 Å². The van der Waals surface area contributed by atoms with Crippen molar-refractivity contribution < 1.29 is 14.7 Å².